The normalized spacial score (nSPS) is 15.7. The number of rotatable bonds is 6. The van der Waals surface area contributed by atoms with Crippen LogP contribution in [-0.4, -0.2) is 49.9 Å². The van der Waals surface area contributed by atoms with Gasteiger partial charge in [0.25, 0.3) is 5.91 Å². The van der Waals surface area contributed by atoms with Gasteiger partial charge in [0, 0.05) is 31.6 Å². The van der Waals surface area contributed by atoms with Crippen molar-refractivity contribution < 1.29 is 13.2 Å². The summed E-state index contributed by atoms with van der Waals surface area (Å²) in [5.74, 6) is 0.543. The standard InChI is InChI=1S/C22H28N2O3S2/c1-17-11-13-24(14-12-17)22(25)20-15-19(9-10-21(20)28-3)29(26,27)23(2)16-18-7-5-4-6-8-18/h4-10,15,17H,11-14,16H2,1-3H3. The van der Waals surface area contributed by atoms with E-state index in [0.717, 1.165) is 36.4 Å². The molecular weight excluding hydrogens is 404 g/mol. The number of hydrogen-bond acceptors (Lipinski definition) is 4. The van der Waals surface area contributed by atoms with E-state index in [2.05, 4.69) is 6.92 Å². The van der Waals surface area contributed by atoms with Gasteiger partial charge in [0.05, 0.1) is 10.5 Å². The highest BCUT2D eigenvalue weighted by atomic mass is 32.2. The zero-order valence-corrected chi connectivity index (χ0v) is 18.8. The van der Waals surface area contributed by atoms with Crippen LogP contribution in [0.15, 0.2) is 58.3 Å². The van der Waals surface area contributed by atoms with E-state index in [-0.39, 0.29) is 17.3 Å². The highest BCUT2D eigenvalue weighted by molar-refractivity contribution is 7.98. The summed E-state index contributed by atoms with van der Waals surface area (Å²) in [4.78, 5) is 15.9. The maximum absolute atomic E-state index is 13.1. The Kier molecular flexibility index (Phi) is 7.03. The summed E-state index contributed by atoms with van der Waals surface area (Å²) >= 11 is 1.46. The van der Waals surface area contributed by atoms with Crippen LogP contribution >= 0.6 is 11.8 Å². The molecule has 1 heterocycles. The molecule has 0 aromatic heterocycles. The Labute approximate surface area is 178 Å². The van der Waals surface area contributed by atoms with E-state index in [1.165, 1.54) is 16.1 Å². The lowest BCUT2D eigenvalue weighted by Gasteiger charge is -2.31. The average molecular weight is 433 g/mol. The first-order chi connectivity index (χ1) is 13.8. The van der Waals surface area contributed by atoms with Crippen LogP contribution in [-0.2, 0) is 16.6 Å². The number of carbonyl (C=O) groups is 1. The topological polar surface area (TPSA) is 57.7 Å². The number of likely N-dealkylation sites (tertiary alicyclic amines) is 1. The lowest BCUT2D eigenvalue weighted by atomic mass is 9.98. The first-order valence-electron chi connectivity index (χ1n) is 9.80. The third-order valence-corrected chi connectivity index (χ3v) is 8.02. The molecule has 0 radical (unpaired) electrons. The predicted molar refractivity (Wildman–Crippen MR) is 118 cm³/mol. The van der Waals surface area contributed by atoms with Crippen LogP contribution in [0.1, 0.15) is 35.7 Å². The number of hydrogen-bond donors (Lipinski definition) is 0. The van der Waals surface area contributed by atoms with Gasteiger partial charge in [0.2, 0.25) is 10.0 Å². The van der Waals surface area contributed by atoms with Crippen molar-refractivity contribution >= 4 is 27.7 Å². The van der Waals surface area contributed by atoms with E-state index in [0.29, 0.717) is 11.5 Å². The molecule has 1 aliphatic rings. The molecule has 2 aromatic carbocycles. The summed E-state index contributed by atoms with van der Waals surface area (Å²) in [5, 5.41) is 0. The number of amides is 1. The lowest BCUT2D eigenvalue weighted by molar-refractivity contribution is 0.0693. The van der Waals surface area contributed by atoms with Gasteiger partial charge in [-0.25, -0.2) is 8.42 Å². The largest absolute Gasteiger partial charge is 0.339 e. The average Bonchev–Trinajstić information content (AvgIpc) is 2.74. The summed E-state index contributed by atoms with van der Waals surface area (Å²) < 4.78 is 27.6. The third-order valence-electron chi connectivity index (χ3n) is 5.43. The second kappa shape index (κ2) is 9.32. The highest BCUT2D eigenvalue weighted by Crippen LogP contribution is 2.28. The van der Waals surface area contributed by atoms with E-state index in [4.69, 9.17) is 0 Å². The van der Waals surface area contributed by atoms with Gasteiger partial charge in [-0.15, -0.1) is 11.8 Å². The molecular formula is C22H28N2O3S2. The maximum Gasteiger partial charge on any atom is 0.255 e. The number of benzene rings is 2. The van der Waals surface area contributed by atoms with Crippen molar-refractivity contribution in [1.29, 1.82) is 0 Å². The number of sulfonamides is 1. The SMILES string of the molecule is CSc1ccc(S(=O)(=O)N(C)Cc2ccccc2)cc1C(=O)N1CCC(C)CC1. The fraction of sp³-hybridized carbons (Fsp3) is 0.409. The van der Waals surface area contributed by atoms with Crippen molar-refractivity contribution in [3.8, 4) is 0 Å². The number of thioether (sulfide) groups is 1. The molecule has 0 aliphatic carbocycles. The third kappa shape index (κ3) is 5.02. The van der Waals surface area contributed by atoms with Crippen molar-refractivity contribution in [2.45, 2.75) is 36.1 Å². The highest BCUT2D eigenvalue weighted by Gasteiger charge is 2.27. The van der Waals surface area contributed by atoms with Gasteiger partial charge < -0.3 is 4.90 Å². The molecule has 3 rings (SSSR count). The number of piperidine rings is 1. The minimum absolute atomic E-state index is 0.0796. The van der Waals surface area contributed by atoms with E-state index in [1.54, 1.807) is 25.2 Å². The van der Waals surface area contributed by atoms with Crippen LogP contribution in [0.5, 0.6) is 0 Å². The van der Waals surface area contributed by atoms with Crippen molar-refractivity contribution in [3.63, 3.8) is 0 Å². The molecule has 1 saturated heterocycles. The van der Waals surface area contributed by atoms with E-state index in [1.807, 2.05) is 41.5 Å². The summed E-state index contributed by atoms with van der Waals surface area (Å²) in [7, 11) is -2.14. The van der Waals surface area contributed by atoms with Crippen molar-refractivity contribution in [2.75, 3.05) is 26.4 Å². The Bertz CT molecular complexity index is 953. The molecule has 0 unspecified atom stereocenters. The predicted octanol–water partition coefficient (Wildman–Crippen LogP) is 4.10. The van der Waals surface area contributed by atoms with E-state index < -0.39 is 10.0 Å². The Balaban J connectivity index is 1.88. The zero-order chi connectivity index (χ0) is 21.0. The van der Waals surface area contributed by atoms with Gasteiger partial charge in [-0.2, -0.15) is 4.31 Å². The number of nitrogens with zero attached hydrogens (tertiary/aromatic N) is 2. The molecule has 0 spiro atoms. The fourth-order valence-corrected chi connectivity index (χ4v) is 5.26. The molecule has 1 fully saturated rings. The van der Waals surface area contributed by atoms with Crippen molar-refractivity contribution in [1.82, 2.24) is 9.21 Å². The zero-order valence-electron chi connectivity index (χ0n) is 17.2. The van der Waals surface area contributed by atoms with Crippen LogP contribution in [0, 0.1) is 5.92 Å². The molecule has 0 saturated carbocycles. The molecule has 0 atom stereocenters. The molecule has 7 heteroatoms. The van der Waals surface area contributed by atoms with Crippen LogP contribution in [0.4, 0.5) is 0 Å². The van der Waals surface area contributed by atoms with Gasteiger partial charge >= 0.3 is 0 Å². The first kappa shape index (κ1) is 21.9. The molecule has 1 amide bonds. The van der Waals surface area contributed by atoms with Gasteiger partial charge in [-0.05, 0) is 48.8 Å². The lowest BCUT2D eigenvalue weighted by Crippen LogP contribution is -2.38. The monoisotopic (exact) mass is 432 g/mol. The minimum Gasteiger partial charge on any atom is -0.339 e. The molecule has 2 aromatic rings. The minimum atomic E-state index is -3.70. The maximum atomic E-state index is 13.1. The molecule has 5 nitrogen and oxygen atoms in total. The quantitative estimate of drug-likeness (QED) is 0.645. The number of carbonyl (C=O) groups excluding carboxylic acids is 1. The Morgan fingerprint density at radius 2 is 1.79 bits per heavy atom. The van der Waals surface area contributed by atoms with Gasteiger partial charge in [-0.1, -0.05) is 37.3 Å². The molecule has 1 aliphatic heterocycles. The summed E-state index contributed by atoms with van der Waals surface area (Å²) in [5.41, 5.74) is 1.39. The van der Waals surface area contributed by atoms with Gasteiger partial charge in [-0.3, -0.25) is 4.79 Å². The van der Waals surface area contributed by atoms with Gasteiger partial charge in [0.15, 0.2) is 0 Å². The summed E-state index contributed by atoms with van der Waals surface area (Å²) in [6, 6.07) is 14.4. The smallest absolute Gasteiger partial charge is 0.255 e. The van der Waals surface area contributed by atoms with E-state index >= 15 is 0 Å². The fourth-order valence-electron chi connectivity index (χ4n) is 3.50. The van der Waals surface area contributed by atoms with Gasteiger partial charge in [0.1, 0.15) is 0 Å². The summed E-state index contributed by atoms with van der Waals surface area (Å²) in [6.45, 7) is 3.92. The molecule has 0 bridgehead atoms. The molecule has 29 heavy (non-hydrogen) atoms. The Morgan fingerprint density at radius 1 is 1.14 bits per heavy atom. The molecule has 0 N–H and O–H groups in total. The van der Waals surface area contributed by atoms with Crippen LogP contribution in [0.25, 0.3) is 0 Å². The van der Waals surface area contributed by atoms with Crippen LogP contribution in [0.2, 0.25) is 0 Å². The summed E-state index contributed by atoms with van der Waals surface area (Å²) in [6.07, 6.45) is 3.87. The Hall–Kier alpha value is -1.83. The van der Waals surface area contributed by atoms with Crippen LogP contribution in [0.3, 0.4) is 0 Å². The first-order valence-corrected chi connectivity index (χ1v) is 12.5. The van der Waals surface area contributed by atoms with Crippen molar-refractivity contribution in [2.24, 2.45) is 5.92 Å². The van der Waals surface area contributed by atoms with Crippen molar-refractivity contribution in [3.05, 3.63) is 59.7 Å². The van der Waals surface area contributed by atoms with E-state index in [9.17, 15) is 13.2 Å². The Morgan fingerprint density at radius 3 is 2.41 bits per heavy atom. The second-order valence-electron chi connectivity index (χ2n) is 7.58. The molecule has 156 valence electrons. The second-order valence-corrected chi connectivity index (χ2v) is 10.5. The van der Waals surface area contributed by atoms with Crippen LogP contribution < -0.4 is 0 Å².